The molecule has 26 heavy (non-hydrogen) atoms. The monoisotopic (exact) mass is 371 g/mol. The van der Waals surface area contributed by atoms with Gasteiger partial charge in [-0.05, 0) is 19.3 Å². The first-order chi connectivity index (χ1) is 12.5. The number of hydrogen-bond acceptors (Lipinski definition) is 7. The zero-order chi connectivity index (χ0) is 18.3. The van der Waals surface area contributed by atoms with Gasteiger partial charge in [0.1, 0.15) is 22.3 Å². The van der Waals surface area contributed by atoms with E-state index in [1.165, 1.54) is 0 Å². The van der Waals surface area contributed by atoms with Gasteiger partial charge in [0, 0.05) is 18.5 Å². The Morgan fingerprint density at radius 1 is 1.35 bits per heavy atom. The van der Waals surface area contributed by atoms with Crippen molar-refractivity contribution in [1.82, 2.24) is 29.9 Å². The summed E-state index contributed by atoms with van der Waals surface area (Å²) in [6.07, 6.45) is 3.38. The maximum Gasteiger partial charge on any atom is 0.270 e. The number of fused-ring (bicyclic) bond motifs is 2. The highest BCUT2D eigenvalue weighted by molar-refractivity contribution is 7.16. The standard InChI is InChI=1S/C17H21N7OS/c1-9(2)6-13-21-14-12(4-5-18-16(14)25)15(22-13)19-7-11-8-24-17(20-11)26-10(3)23-24/h8-9H,4-7H2,1-3H3,(H,18,25)(H,19,21,22). The molecule has 1 aliphatic heterocycles. The van der Waals surface area contributed by atoms with Crippen molar-refractivity contribution in [2.24, 2.45) is 5.92 Å². The van der Waals surface area contributed by atoms with Crippen LogP contribution in [-0.2, 0) is 19.4 Å². The van der Waals surface area contributed by atoms with E-state index in [-0.39, 0.29) is 5.91 Å². The minimum absolute atomic E-state index is 0.121. The minimum Gasteiger partial charge on any atom is -0.364 e. The third-order valence-corrected chi connectivity index (χ3v) is 4.99. The first kappa shape index (κ1) is 16.9. The Balaban J connectivity index is 1.62. The maximum absolute atomic E-state index is 12.2. The van der Waals surface area contributed by atoms with E-state index in [4.69, 9.17) is 0 Å². The molecule has 0 unspecified atom stereocenters. The lowest BCUT2D eigenvalue weighted by Crippen LogP contribution is -2.34. The fraction of sp³-hybridized carbons (Fsp3) is 0.471. The van der Waals surface area contributed by atoms with Gasteiger partial charge in [0.05, 0.1) is 18.4 Å². The molecule has 0 saturated heterocycles. The van der Waals surface area contributed by atoms with Gasteiger partial charge >= 0.3 is 0 Å². The van der Waals surface area contributed by atoms with E-state index >= 15 is 0 Å². The van der Waals surface area contributed by atoms with Gasteiger partial charge in [-0.3, -0.25) is 4.79 Å². The average molecular weight is 371 g/mol. The Hall–Kier alpha value is -2.55. The van der Waals surface area contributed by atoms with Crippen molar-refractivity contribution in [2.75, 3.05) is 11.9 Å². The van der Waals surface area contributed by atoms with E-state index < -0.39 is 0 Å². The molecule has 8 nitrogen and oxygen atoms in total. The number of nitrogens with one attached hydrogen (secondary N) is 2. The summed E-state index contributed by atoms with van der Waals surface area (Å²) < 4.78 is 1.80. The number of aromatic nitrogens is 5. The molecule has 4 rings (SSSR count). The number of carbonyl (C=O) groups excluding carboxylic acids is 1. The van der Waals surface area contributed by atoms with Crippen molar-refractivity contribution >= 4 is 28.0 Å². The molecular weight excluding hydrogens is 350 g/mol. The molecule has 1 amide bonds. The first-order valence-corrected chi connectivity index (χ1v) is 9.55. The van der Waals surface area contributed by atoms with Gasteiger partial charge in [0.25, 0.3) is 5.91 Å². The Bertz CT molecular complexity index is 944. The maximum atomic E-state index is 12.2. The number of hydrogen-bond donors (Lipinski definition) is 2. The third-order valence-electron chi connectivity index (χ3n) is 4.15. The van der Waals surface area contributed by atoms with Crippen LogP contribution in [-0.4, -0.2) is 37.0 Å². The molecule has 3 aromatic rings. The van der Waals surface area contributed by atoms with Gasteiger partial charge in [-0.1, -0.05) is 25.2 Å². The number of nitrogens with zero attached hydrogens (tertiary/aromatic N) is 5. The Labute approximate surface area is 155 Å². The smallest absolute Gasteiger partial charge is 0.270 e. The molecule has 0 aromatic carbocycles. The number of imidazole rings is 1. The van der Waals surface area contributed by atoms with Crippen molar-refractivity contribution in [3.05, 3.63) is 34.0 Å². The van der Waals surface area contributed by atoms with E-state index in [0.717, 1.165) is 39.9 Å². The van der Waals surface area contributed by atoms with Crippen molar-refractivity contribution in [3.63, 3.8) is 0 Å². The fourth-order valence-corrected chi connectivity index (χ4v) is 3.79. The average Bonchev–Trinajstić information content (AvgIpc) is 3.10. The van der Waals surface area contributed by atoms with Crippen LogP contribution in [0.25, 0.3) is 4.96 Å². The Kier molecular flexibility index (Phi) is 4.31. The lowest BCUT2D eigenvalue weighted by Gasteiger charge is -2.20. The Morgan fingerprint density at radius 3 is 2.96 bits per heavy atom. The zero-order valence-electron chi connectivity index (χ0n) is 15.0. The normalized spacial score (nSPS) is 13.9. The molecule has 2 N–H and O–H groups in total. The predicted molar refractivity (Wildman–Crippen MR) is 99.5 cm³/mol. The summed E-state index contributed by atoms with van der Waals surface area (Å²) in [7, 11) is 0. The third kappa shape index (κ3) is 3.26. The molecule has 0 saturated carbocycles. The Morgan fingerprint density at radius 2 is 2.19 bits per heavy atom. The molecule has 0 spiro atoms. The van der Waals surface area contributed by atoms with Crippen molar-refractivity contribution in [3.8, 4) is 0 Å². The molecule has 0 aliphatic carbocycles. The van der Waals surface area contributed by atoms with Gasteiger partial charge in [-0.2, -0.15) is 5.10 Å². The molecule has 9 heteroatoms. The number of amides is 1. The van der Waals surface area contributed by atoms with Crippen LogP contribution in [0.4, 0.5) is 5.82 Å². The van der Waals surface area contributed by atoms with Gasteiger partial charge in [0.15, 0.2) is 0 Å². The first-order valence-electron chi connectivity index (χ1n) is 8.73. The predicted octanol–water partition coefficient (Wildman–Crippen LogP) is 1.99. The summed E-state index contributed by atoms with van der Waals surface area (Å²) in [5.41, 5.74) is 2.27. The molecular formula is C17H21N7OS. The van der Waals surface area contributed by atoms with E-state index in [1.54, 1.807) is 15.9 Å². The molecule has 3 aromatic heterocycles. The van der Waals surface area contributed by atoms with E-state index in [1.807, 2.05) is 13.1 Å². The van der Waals surface area contributed by atoms with Crippen LogP contribution in [0.5, 0.6) is 0 Å². The summed E-state index contributed by atoms with van der Waals surface area (Å²) in [5, 5.41) is 11.6. The molecule has 1 aliphatic rings. The lowest BCUT2D eigenvalue weighted by molar-refractivity contribution is 0.0940. The zero-order valence-corrected chi connectivity index (χ0v) is 15.9. The second-order valence-corrected chi connectivity index (χ2v) is 8.01. The minimum atomic E-state index is -0.121. The summed E-state index contributed by atoms with van der Waals surface area (Å²) in [6, 6.07) is 0. The summed E-state index contributed by atoms with van der Waals surface area (Å²) in [4.78, 5) is 26.8. The van der Waals surface area contributed by atoms with Crippen molar-refractivity contribution in [2.45, 2.75) is 40.2 Å². The topological polar surface area (TPSA) is 97.1 Å². The highest BCUT2D eigenvalue weighted by Crippen LogP contribution is 2.22. The van der Waals surface area contributed by atoms with Crippen molar-refractivity contribution < 1.29 is 4.79 Å². The van der Waals surface area contributed by atoms with Gasteiger partial charge in [0.2, 0.25) is 4.96 Å². The summed E-state index contributed by atoms with van der Waals surface area (Å²) in [6.45, 7) is 7.33. The highest BCUT2D eigenvalue weighted by Gasteiger charge is 2.24. The van der Waals surface area contributed by atoms with Gasteiger partial charge in [-0.25, -0.2) is 19.5 Å². The van der Waals surface area contributed by atoms with Crippen LogP contribution in [0.15, 0.2) is 6.20 Å². The molecule has 136 valence electrons. The van der Waals surface area contributed by atoms with Crippen LogP contribution in [0, 0.1) is 12.8 Å². The molecule has 0 fully saturated rings. The molecule has 0 radical (unpaired) electrons. The lowest BCUT2D eigenvalue weighted by atomic mass is 10.0. The summed E-state index contributed by atoms with van der Waals surface area (Å²) in [5.74, 6) is 1.73. The number of rotatable bonds is 5. The molecule has 4 heterocycles. The summed E-state index contributed by atoms with van der Waals surface area (Å²) >= 11 is 1.56. The van der Waals surface area contributed by atoms with Crippen LogP contribution in [0.1, 0.15) is 46.4 Å². The quantitative estimate of drug-likeness (QED) is 0.712. The van der Waals surface area contributed by atoms with Gasteiger partial charge < -0.3 is 10.6 Å². The van der Waals surface area contributed by atoms with Crippen LogP contribution in [0.3, 0.4) is 0 Å². The fourth-order valence-electron chi connectivity index (χ4n) is 3.05. The second-order valence-electron chi connectivity index (χ2n) is 6.85. The van der Waals surface area contributed by atoms with E-state index in [2.05, 4.69) is 44.5 Å². The molecule has 0 bridgehead atoms. The van der Waals surface area contributed by atoms with Crippen molar-refractivity contribution in [1.29, 1.82) is 0 Å². The van der Waals surface area contributed by atoms with Crippen LogP contribution >= 0.6 is 11.3 Å². The SMILES string of the molecule is Cc1nn2cc(CNc3nc(CC(C)C)nc4c3CCNC4=O)nc2s1. The van der Waals surface area contributed by atoms with E-state index in [9.17, 15) is 4.79 Å². The number of aryl methyl sites for hydroxylation is 1. The van der Waals surface area contributed by atoms with Crippen LogP contribution < -0.4 is 10.6 Å². The second kappa shape index (κ2) is 6.64. The van der Waals surface area contributed by atoms with Gasteiger partial charge in [-0.15, -0.1) is 0 Å². The van der Waals surface area contributed by atoms with Crippen LogP contribution in [0.2, 0.25) is 0 Å². The largest absolute Gasteiger partial charge is 0.364 e. The molecule has 0 atom stereocenters. The number of carbonyl (C=O) groups is 1. The highest BCUT2D eigenvalue weighted by atomic mass is 32.1. The van der Waals surface area contributed by atoms with E-state index in [0.29, 0.717) is 30.5 Å². The number of anilines is 1.